The van der Waals surface area contributed by atoms with Crippen LogP contribution < -0.4 is 9.47 Å². The maximum atomic E-state index is 13.1. The minimum Gasteiger partial charge on any atom is -0.507 e. The summed E-state index contributed by atoms with van der Waals surface area (Å²) < 4.78 is 16.0. The van der Waals surface area contributed by atoms with Gasteiger partial charge >= 0.3 is 0 Å². The number of amides is 1. The van der Waals surface area contributed by atoms with Gasteiger partial charge in [-0.2, -0.15) is 0 Å². The van der Waals surface area contributed by atoms with Crippen molar-refractivity contribution in [2.75, 3.05) is 34.5 Å². The molecule has 7 nitrogen and oxygen atoms in total. The van der Waals surface area contributed by atoms with Gasteiger partial charge in [0.25, 0.3) is 11.7 Å². The van der Waals surface area contributed by atoms with Crippen LogP contribution >= 0.6 is 11.6 Å². The van der Waals surface area contributed by atoms with Crippen molar-refractivity contribution in [3.05, 3.63) is 63.7 Å². The zero-order valence-corrected chi connectivity index (χ0v) is 18.5. The van der Waals surface area contributed by atoms with Crippen molar-refractivity contribution in [2.45, 2.75) is 13.0 Å². The number of aliphatic hydroxyl groups excluding tert-OH is 1. The zero-order valence-electron chi connectivity index (χ0n) is 17.8. The SMILES string of the molecule is COCCN1C(=O)C(=O)/C(=C(/O)c2cc(C)cc(Cl)c2OC)C1c1ccccc1OC. The molecule has 1 amide bonds. The van der Waals surface area contributed by atoms with Crippen LogP contribution in [0.3, 0.4) is 0 Å². The van der Waals surface area contributed by atoms with E-state index in [2.05, 4.69) is 0 Å². The number of Topliss-reactive ketones (excluding diaryl/α,β-unsaturated/α-hetero) is 1. The third-order valence-corrected chi connectivity index (χ3v) is 5.44. The van der Waals surface area contributed by atoms with Crippen molar-refractivity contribution in [1.82, 2.24) is 4.90 Å². The highest BCUT2D eigenvalue weighted by Crippen LogP contribution is 2.44. The monoisotopic (exact) mass is 445 g/mol. The third kappa shape index (κ3) is 4.11. The highest BCUT2D eigenvalue weighted by molar-refractivity contribution is 6.46. The van der Waals surface area contributed by atoms with Gasteiger partial charge in [-0.25, -0.2) is 0 Å². The lowest BCUT2D eigenvalue weighted by Gasteiger charge is -2.26. The average Bonchev–Trinajstić information content (AvgIpc) is 3.01. The van der Waals surface area contributed by atoms with Crippen LogP contribution in [0.25, 0.3) is 5.76 Å². The normalized spacial score (nSPS) is 17.8. The molecule has 0 saturated carbocycles. The lowest BCUT2D eigenvalue weighted by Crippen LogP contribution is -2.32. The molecule has 0 bridgehead atoms. The first kappa shape index (κ1) is 22.7. The van der Waals surface area contributed by atoms with Gasteiger partial charge in [-0.3, -0.25) is 9.59 Å². The fourth-order valence-corrected chi connectivity index (χ4v) is 4.12. The van der Waals surface area contributed by atoms with E-state index in [1.165, 1.54) is 26.2 Å². The van der Waals surface area contributed by atoms with E-state index in [1.54, 1.807) is 43.3 Å². The second kappa shape index (κ2) is 9.41. The summed E-state index contributed by atoms with van der Waals surface area (Å²) in [6.45, 7) is 2.18. The topological polar surface area (TPSA) is 85.3 Å². The molecule has 1 aliphatic heterocycles. The fraction of sp³-hybridized carbons (Fsp3) is 0.304. The molecule has 0 aromatic heterocycles. The van der Waals surface area contributed by atoms with Gasteiger partial charge in [0, 0.05) is 19.2 Å². The van der Waals surface area contributed by atoms with Gasteiger partial charge in [0.2, 0.25) is 0 Å². The highest BCUT2D eigenvalue weighted by atomic mass is 35.5. The Morgan fingerprint density at radius 2 is 1.84 bits per heavy atom. The summed E-state index contributed by atoms with van der Waals surface area (Å²) in [5.41, 5.74) is 1.50. The Hall–Kier alpha value is -3.03. The molecule has 2 aromatic carbocycles. The summed E-state index contributed by atoms with van der Waals surface area (Å²) >= 11 is 6.29. The molecule has 1 heterocycles. The van der Waals surface area contributed by atoms with Crippen LogP contribution in [-0.4, -0.2) is 56.2 Å². The Morgan fingerprint density at radius 1 is 1.13 bits per heavy atom. The standard InChI is InChI=1S/C23H24ClNO6/c1-13-11-15(22(31-4)16(24)12-13)20(26)18-19(14-7-5-6-8-17(14)30-3)25(9-10-29-2)23(28)21(18)27/h5-8,11-12,19,26H,9-10H2,1-4H3/b20-18+. The van der Waals surface area contributed by atoms with Crippen LogP contribution in [0, 0.1) is 6.92 Å². The van der Waals surface area contributed by atoms with E-state index in [-0.39, 0.29) is 40.8 Å². The molecule has 0 aliphatic carbocycles. The Kier molecular flexibility index (Phi) is 6.87. The van der Waals surface area contributed by atoms with Gasteiger partial charge in [0.1, 0.15) is 17.3 Å². The Labute approximate surface area is 185 Å². The number of rotatable bonds is 7. The molecule has 1 unspecified atom stereocenters. The van der Waals surface area contributed by atoms with Gasteiger partial charge in [0.05, 0.1) is 43.0 Å². The number of para-hydroxylation sites is 1. The van der Waals surface area contributed by atoms with Gasteiger partial charge in [-0.15, -0.1) is 0 Å². The summed E-state index contributed by atoms with van der Waals surface area (Å²) in [7, 11) is 4.43. The summed E-state index contributed by atoms with van der Waals surface area (Å²) in [5, 5.41) is 11.6. The first-order valence-corrected chi connectivity index (χ1v) is 9.98. The molecular weight excluding hydrogens is 422 g/mol. The van der Waals surface area contributed by atoms with Crippen molar-refractivity contribution >= 4 is 29.1 Å². The van der Waals surface area contributed by atoms with Crippen LogP contribution in [0.15, 0.2) is 42.0 Å². The predicted octanol–water partition coefficient (Wildman–Crippen LogP) is 3.73. The quantitative estimate of drug-likeness (QED) is 0.397. The minimum absolute atomic E-state index is 0.0643. The van der Waals surface area contributed by atoms with Crippen molar-refractivity contribution in [1.29, 1.82) is 0 Å². The zero-order chi connectivity index (χ0) is 22.7. The van der Waals surface area contributed by atoms with Gasteiger partial charge < -0.3 is 24.2 Å². The number of methoxy groups -OCH3 is 3. The molecule has 0 spiro atoms. The number of likely N-dealkylation sites (tertiary alicyclic amines) is 1. The molecule has 0 radical (unpaired) electrons. The van der Waals surface area contributed by atoms with Crippen molar-refractivity contribution in [3.8, 4) is 11.5 Å². The number of carbonyl (C=O) groups excluding carboxylic acids is 2. The van der Waals surface area contributed by atoms with Crippen molar-refractivity contribution in [3.63, 3.8) is 0 Å². The van der Waals surface area contributed by atoms with E-state index >= 15 is 0 Å². The van der Waals surface area contributed by atoms with Crippen molar-refractivity contribution < 1.29 is 28.9 Å². The number of aliphatic hydroxyl groups is 1. The van der Waals surface area contributed by atoms with Crippen LogP contribution in [0.1, 0.15) is 22.7 Å². The molecule has 1 atom stereocenters. The number of hydrogen-bond acceptors (Lipinski definition) is 6. The Morgan fingerprint density at radius 3 is 2.48 bits per heavy atom. The van der Waals surface area contributed by atoms with E-state index in [0.717, 1.165) is 5.56 Å². The number of benzene rings is 2. The van der Waals surface area contributed by atoms with Crippen LogP contribution in [0.2, 0.25) is 5.02 Å². The first-order valence-electron chi connectivity index (χ1n) is 9.60. The lowest BCUT2D eigenvalue weighted by atomic mass is 9.94. The molecule has 8 heteroatoms. The Balaban J connectivity index is 2.30. The number of hydrogen-bond donors (Lipinski definition) is 1. The van der Waals surface area contributed by atoms with E-state index in [9.17, 15) is 14.7 Å². The first-order chi connectivity index (χ1) is 14.8. The second-order valence-corrected chi connectivity index (χ2v) is 7.46. The lowest BCUT2D eigenvalue weighted by molar-refractivity contribution is -0.140. The fourth-order valence-electron chi connectivity index (χ4n) is 3.77. The maximum absolute atomic E-state index is 13.1. The number of halogens is 1. The summed E-state index contributed by atoms with van der Waals surface area (Å²) in [4.78, 5) is 27.4. The molecule has 1 N–H and O–H groups in total. The molecule has 2 aromatic rings. The number of aryl methyl sites for hydroxylation is 1. The molecular formula is C23H24ClNO6. The predicted molar refractivity (Wildman–Crippen MR) is 117 cm³/mol. The van der Waals surface area contributed by atoms with E-state index < -0.39 is 17.7 Å². The Bertz CT molecular complexity index is 1050. The molecule has 31 heavy (non-hydrogen) atoms. The highest BCUT2D eigenvalue weighted by Gasteiger charge is 2.47. The molecule has 1 aliphatic rings. The third-order valence-electron chi connectivity index (χ3n) is 5.16. The van der Waals surface area contributed by atoms with Crippen LogP contribution in [-0.2, 0) is 14.3 Å². The largest absolute Gasteiger partial charge is 0.507 e. The number of nitrogens with zero attached hydrogens (tertiary/aromatic N) is 1. The molecule has 1 saturated heterocycles. The molecule has 3 rings (SSSR count). The number of carbonyl (C=O) groups is 2. The minimum atomic E-state index is -0.865. The molecule has 164 valence electrons. The van der Waals surface area contributed by atoms with Gasteiger partial charge in [-0.1, -0.05) is 29.8 Å². The maximum Gasteiger partial charge on any atom is 0.295 e. The van der Waals surface area contributed by atoms with Gasteiger partial charge in [0.15, 0.2) is 0 Å². The number of ether oxygens (including phenoxy) is 3. The number of ketones is 1. The van der Waals surface area contributed by atoms with Crippen molar-refractivity contribution in [2.24, 2.45) is 0 Å². The van der Waals surface area contributed by atoms with E-state index in [0.29, 0.717) is 11.3 Å². The van der Waals surface area contributed by atoms with E-state index in [4.69, 9.17) is 25.8 Å². The summed E-state index contributed by atoms with van der Waals surface area (Å²) in [6, 6.07) is 9.52. The van der Waals surface area contributed by atoms with Crippen LogP contribution in [0.5, 0.6) is 11.5 Å². The van der Waals surface area contributed by atoms with Gasteiger partial charge in [-0.05, 0) is 30.7 Å². The summed E-state index contributed by atoms with van der Waals surface area (Å²) in [5.74, 6) is -1.20. The smallest absolute Gasteiger partial charge is 0.295 e. The second-order valence-electron chi connectivity index (χ2n) is 7.05. The average molecular weight is 446 g/mol. The molecule has 1 fully saturated rings. The van der Waals surface area contributed by atoms with Crippen LogP contribution in [0.4, 0.5) is 0 Å². The van der Waals surface area contributed by atoms with E-state index in [1.807, 2.05) is 0 Å². The summed E-state index contributed by atoms with van der Waals surface area (Å²) in [6.07, 6.45) is 0.